The zero-order valence-corrected chi connectivity index (χ0v) is 17.9. The number of hydrogen-bond acceptors (Lipinski definition) is 7. The normalized spacial score (nSPS) is 15.0. The van der Waals surface area contributed by atoms with Crippen LogP contribution in [0.5, 0.6) is 0 Å². The van der Waals surface area contributed by atoms with Gasteiger partial charge < -0.3 is 19.4 Å². The second-order valence-corrected chi connectivity index (χ2v) is 7.58. The standard InChI is InChI=1S/C24H22N4O4/c1-26-19-10-5-6-11-20(19)27(2)23(26)17(14-25)21(29)15-32-24(31)16-8-3-4-9-18(16)28-13-7-12-22(28)30/h3-6,8-11H,7,12-13,15H2,1-2H3. The zero-order chi connectivity index (χ0) is 22.8. The Kier molecular flexibility index (Phi) is 5.65. The predicted molar refractivity (Wildman–Crippen MR) is 119 cm³/mol. The van der Waals surface area contributed by atoms with Gasteiger partial charge in [0.2, 0.25) is 11.7 Å². The molecule has 0 radical (unpaired) electrons. The molecule has 2 heterocycles. The number of anilines is 3. The highest BCUT2D eigenvalue weighted by Gasteiger charge is 2.32. The molecule has 8 heteroatoms. The molecule has 0 saturated carbocycles. The topological polar surface area (TPSA) is 94.0 Å². The number of carbonyl (C=O) groups is 3. The maximum absolute atomic E-state index is 12.9. The van der Waals surface area contributed by atoms with E-state index in [0.29, 0.717) is 24.5 Å². The highest BCUT2D eigenvalue weighted by Crippen LogP contribution is 2.40. The predicted octanol–water partition coefficient (Wildman–Crippen LogP) is 2.86. The van der Waals surface area contributed by atoms with Crippen molar-refractivity contribution in [2.45, 2.75) is 12.8 Å². The highest BCUT2D eigenvalue weighted by atomic mass is 16.5. The van der Waals surface area contributed by atoms with Crippen LogP contribution in [0.1, 0.15) is 23.2 Å². The number of nitriles is 1. The number of para-hydroxylation sites is 3. The van der Waals surface area contributed by atoms with Gasteiger partial charge in [-0.3, -0.25) is 9.59 Å². The van der Waals surface area contributed by atoms with Crippen LogP contribution >= 0.6 is 0 Å². The Bertz CT molecular complexity index is 1150. The molecular weight excluding hydrogens is 408 g/mol. The number of benzene rings is 2. The number of carbonyl (C=O) groups excluding carboxylic acids is 3. The number of fused-ring (bicyclic) bond motifs is 1. The van der Waals surface area contributed by atoms with Crippen LogP contribution in [0.2, 0.25) is 0 Å². The summed E-state index contributed by atoms with van der Waals surface area (Å²) in [5.74, 6) is -0.938. The highest BCUT2D eigenvalue weighted by molar-refractivity contribution is 6.06. The molecule has 0 spiro atoms. The zero-order valence-electron chi connectivity index (χ0n) is 17.9. The SMILES string of the molecule is CN1C(=C(C#N)C(=O)COC(=O)c2ccccc2N2CCCC2=O)N(C)c2ccccc21. The molecule has 1 saturated heterocycles. The molecular formula is C24H22N4O4. The fourth-order valence-corrected chi connectivity index (χ4v) is 4.12. The molecule has 2 aliphatic rings. The number of hydrogen-bond donors (Lipinski definition) is 0. The first-order chi connectivity index (χ1) is 15.4. The maximum Gasteiger partial charge on any atom is 0.340 e. The van der Waals surface area contributed by atoms with E-state index in [4.69, 9.17) is 4.74 Å². The Balaban J connectivity index is 1.53. The van der Waals surface area contributed by atoms with Crippen molar-refractivity contribution < 1.29 is 19.1 Å². The summed E-state index contributed by atoms with van der Waals surface area (Å²) in [5.41, 5.74) is 2.32. The van der Waals surface area contributed by atoms with Gasteiger partial charge >= 0.3 is 5.97 Å². The van der Waals surface area contributed by atoms with Gasteiger partial charge in [0.1, 0.15) is 17.5 Å². The summed E-state index contributed by atoms with van der Waals surface area (Å²) >= 11 is 0. The molecule has 0 bridgehead atoms. The monoisotopic (exact) mass is 430 g/mol. The van der Waals surface area contributed by atoms with Gasteiger partial charge in [0.05, 0.1) is 22.6 Å². The molecule has 0 atom stereocenters. The van der Waals surface area contributed by atoms with Gasteiger partial charge in [-0.25, -0.2) is 4.79 Å². The molecule has 0 aliphatic carbocycles. The fourth-order valence-electron chi connectivity index (χ4n) is 4.12. The van der Waals surface area contributed by atoms with E-state index in [1.807, 2.05) is 30.3 Å². The van der Waals surface area contributed by atoms with Crippen molar-refractivity contribution in [3.63, 3.8) is 0 Å². The number of ether oxygens (including phenoxy) is 1. The lowest BCUT2D eigenvalue weighted by atomic mass is 10.1. The third kappa shape index (κ3) is 3.58. The van der Waals surface area contributed by atoms with Crippen LogP contribution in [0.25, 0.3) is 0 Å². The maximum atomic E-state index is 12.9. The molecule has 4 rings (SSSR count). The summed E-state index contributed by atoms with van der Waals surface area (Å²) in [4.78, 5) is 42.8. The fraction of sp³-hybridized carbons (Fsp3) is 0.250. The van der Waals surface area contributed by atoms with Crippen molar-refractivity contribution >= 4 is 34.7 Å². The number of nitrogens with zero attached hydrogens (tertiary/aromatic N) is 4. The van der Waals surface area contributed by atoms with Crippen molar-refractivity contribution in [1.29, 1.82) is 5.26 Å². The third-order valence-electron chi connectivity index (χ3n) is 5.68. The van der Waals surface area contributed by atoms with Crippen LogP contribution < -0.4 is 14.7 Å². The molecule has 0 aromatic heterocycles. The van der Waals surface area contributed by atoms with E-state index >= 15 is 0 Å². The number of amides is 1. The van der Waals surface area contributed by atoms with Gasteiger partial charge in [-0.2, -0.15) is 5.26 Å². The molecule has 2 aromatic rings. The smallest absolute Gasteiger partial charge is 0.340 e. The molecule has 0 unspecified atom stereocenters. The van der Waals surface area contributed by atoms with E-state index in [-0.39, 0.29) is 17.0 Å². The minimum Gasteiger partial charge on any atom is -0.454 e. The molecule has 162 valence electrons. The largest absolute Gasteiger partial charge is 0.454 e. The lowest BCUT2D eigenvalue weighted by Crippen LogP contribution is -2.28. The van der Waals surface area contributed by atoms with E-state index in [0.717, 1.165) is 17.8 Å². The first-order valence-electron chi connectivity index (χ1n) is 10.2. The Labute approximate surface area is 185 Å². The van der Waals surface area contributed by atoms with Crippen molar-refractivity contribution in [3.05, 3.63) is 65.5 Å². The van der Waals surface area contributed by atoms with E-state index in [1.165, 1.54) is 0 Å². The number of rotatable bonds is 5. The van der Waals surface area contributed by atoms with Gasteiger partial charge in [-0.15, -0.1) is 0 Å². The second kappa shape index (κ2) is 8.55. The summed E-state index contributed by atoms with van der Waals surface area (Å²) < 4.78 is 5.27. The van der Waals surface area contributed by atoms with E-state index in [9.17, 15) is 19.6 Å². The van der Waals surface area contributed by atoms with Gasteiger partial charge in [0, 0.05) is 27.1 Å². The minimum atomic E-state index is -0.715. The Morgan fingerprint density at radius 2 is 1.59 bits per heavy atom. The summed E-state index contributed by atoms with van der Waals surface area (Å²) in [6, 6.07) is 16.2. The third-order valence-corrected chi connectivity index (χ3v) is 5.68. The van der Waals surface area contributed by atoms with Crippen LogP contribution in [-0.4, -0.2) is 44.9 Å². The van der Waals surface area contributed by atoms with Gasteiger partial charge in [-0.1, -0.05) is 24.3 Å². The first-order valence-corrected chi connectivity index (χ1v) is 10.2. The quantitative estimate of drug-likeness (QED) is 0.409. The molecule has 1 fully saturated rings. The van der Waals surface area contributed by atoms with Crippen molar-refractivity contribution in [3.8, 4) is 6.07 Å². The number of ketones is 1. The number of esters is 1. The molecule has 1 amide bonds. The number of Topliss-reactive ketones (excluding diaryl/α,β-unsaturated/α-hetero) is 1. The Morgan fingerprint density at radius 1 is 1.00 bits per heavy atom. The first kappa shape index (κ1) is 21.1. The van der Waals surface area contributed by atoms with Crippen molar-refractivity contribution in [2.75, 3.05) is 41.9 Å². The Hall–Kier alpha value is -4.12. The van der Waals surface area contributed by atoms with Crippen molar-refractivity contribution in [2.24, 2.45) is 0 Å². The van der Waals surface area contributed by atoms with E-state index in [1.54, 1.807) is 53.1 Å². The van der Waals surface area contributed by atoms with Crippen LogP contribution in [-0.2, 0) is 14.3 Å². The summed E-state index contributed by atoms with van der Waals surface area (Å²) in [5, 5.41) is 9.70. The van der Waals surface area contributed by atoms with Crippen molar-refractivity contribution in [1.82, 2.24) is 0 Å². The average molecular weight is 430 g/mol. The van der Waals surface area contributed by atoms with E-state index < -0.39 is 18.4 Å². The van der Waals surface area contributed by atoms with Gasteiger partial charge in [0.15, 0.2) is 6.61 Å². The van der Waals surface area contributed by atoms with Crippen LogP contribution in [0.3, 0.4) is 0 Å². The molecule has 2 aliphatic heterocycles. The molecule has 0 N–H and O–H groups in total. The average Bonchev–Trinajstić information content (AvgIpc) is 3.35. The second-order valence-electron chi connectivity index (χ2n) is 7.58. The summed E-state index contributed by atoms with van der Waals surface area (Å²) in [7, 11) is 3.55. The molecule has 8 nitrogen and oxygen atoms in total. The van der Waals surface area contributed by atoms with Gasteiger partial charge in [0.25, 0.3) is 0 Å². The summed E-state index contributed by atoms with van der Waals surface area (Å²) in [6.07, 6.45) is 1.16. The minimum absolute atomic E-state index is 0.0512. The van der Waals surface area contributed by atoms with Crippen LogP contribution in [0.4, 0.5) is 17.1 Å². The summed E-state index contributed by atoms with van der Waals surface area (Å²) in [6.45, 7) is -0.0441. The lowest BCUT2D eigenvalue weighted by molar-refractivity contribution is -0.118. The Morgan fingerprint density at radius 3 is 2.16 bits per heavy atom. The lowest BCUT2D eigenvalue weighted by Gasteiger charge is -2.20. The van der Waals surface area contributed by atoms with Crippen LogP contribution in [0, 0.1) is 11.3 Å². The molecule has 2 aromatic carbocycles. The van der Waals surface area contributed by atoms with Gasteiger partial charge in [-0.05, 0) is 30.7 Å². The van der Waals surface area contributed by atoms with Crippen LogP contribution in [0.15, 0.2) is 59.9 Å². The molecule has 32 heavy (non-hydrogen) atoms. The van der Waals surface area contributed by atoms with E-state index in [2.05, 4.69) is 0 Å².